The van der Waals surface area contributed by atoms with Crippen LogP contribution in [-0.2, 0) is 16.1 Å². The van der Waals surface area contributed by atoms with Crippen molar-refractivity contribution < 1.29 is 14.1 Å². The number of benzene rings is 1. The van der Waals surface area contributed by atoms with E-state index in [4.69, 9.17) is 4.52 Å². The molecule has 2 amide bonds. The summed E-state index contributed by atoms with van der Waals surface area (Å²) >= 11 is 1.40. The van der Waals surface area contributed by atoms with Crippen LogP contribution < -0.4 is 10.2 Å². The number of amides is 2. The number of nitrogens with one attached hydrogen (secondary N) is 1. The molecule has 3 heterocycles. The summed E-state index contributed by atoms with van der Waals surface area (Å²) in [5.74, 6) is 0.190. The van der Waals surface area contributed by atoms with E-state index in [2.05, 4.69) is 20.7 Å². The number of rotatable bonds is 6. The molecule has 156 valence electrons. The van der Waals surface area contributed by atoms with Crippen molar-refractivity contribution >= 4 is 28.3 Å². The lowest BCUT2D eigenvalue weighted by Gasteiger charge is -2.12. The highest BCUT2D eigenvalue weighted by molar-refractivity contribution is 7.15. The van der Waals surface area contributed by atoms with Crippen LogP contribution in [0.4, 0.5) is 5.13 Å². The summed E-state index contributed by atoms with van der Waals surface area (Å²) in [6, 6.07) is 9.75. The Bertz CT molecular complexity index is 1060. The first-order valence-corrected chi connectivity index (χ1v) is 10.7. The standard InChI is InChI=1S/C21H23N5O3S/c1-12(2)20-23-24-21(30-20)26-11-15(8-18(26)27)19(28)22-10-16-9-17(29-25-16)14-6-4-13(3)5-7-14/h4-7,9,12,15H,8,10-11H2,1-3H3,(H,22,28). The smallest absolute Gasteiger partial charge is 0.229 e. The number of carbonyl (C=O) groups is 2. The van der Waals surface area contributed by atoms with Crippen LogP contribution >= 0.6 is 11.3 Å². The van der Waals surface area contributed by atoms with Gasteiger partial charge < -0.3 is 9.84 Å². The average molecular weight is 426 g/mol. The maximum absolute atomic E-state index is 12.6. The first kappa shape index (κ1) is 20.2. The van der Waals surface area contributed by atoms with Crippen LogP contribution in [0.2, 0.25) is 0 Å². The lowest BCUT2D eigenvalue weighted by atomic mass is 10.1. The molecule has 1 unspecified atom stereocenters. The molecular formula is C21H23N5O3S. The topological polar surface area (TPSA) is 101 Å². The molecule has 1 N–H and O–H groups in total. The highest BCUT2D eigenvalue weighted by Crippen LogP contribution is 2.30. The van der Waals surface area contributed by atoms with E-state index in [9.17, 15) is 9.59 Å². The van der Waals surface area contributed by atoms with E-state index in [0.717, 1.165) is 10.6 Å². The SMILES string of the molecule is Cc1ccc(-c2cc(CNC(=O)C3CC(=O)N(c4nnc(C(C)C)s4)C3)no2)cc1. The second kappa shape index (κ2) is 8.35. The fraction of sp³-hybridized carbons (Fsp3) is 0.381. The van der Waals surface area contributed by atoms with Crippen LogP contribution in [0.1, 0.15) is 42.5 Å². The van der Waals surface area contributed by atoms with Gasteiger partial charge in [0.25, 0.3) is 0 Å². The summed E-state index contributed by atoms with van der Waals surface area (Å²) in [6.45, 7) is 6.63. The van der Waals surface area contributed by atoms with Crippen LogP contribution in [0.3, 0.4) is 0 Å². The largest absolute Gasteiger partial charge is 0.356 e. The average Bonchev–Trinajstić information content (AvgIpc) is 3.46. The highest BCUT2D eigenvalue weighted by Gasteiger charge is 2.36. The van der Waals surface area contributed by atoms with Gasteiger partial charge in [-0.2, -0.15) is 0 Å². The molecule has 1 atom stereocenters. The summed E-state index contributed by atoms with van der Waals surface area (Å²) in [4.78, 5) is 26.5. The molecule has 0 spiro atoms. The quantitative estimate of drug-likeness (QED) is 0.650. The number of aryl methyl sites for hydroxylation is 1. The van der Waals surface area contributed by atoms with Crippen molar-refractivity contribution in [3.05, 3.63) is 46.6 Å². The first-order chi connectivity index (χ1) is 14.4. The Hall–Kier alpha value is -3.07. The molecule has 1 fully saturated rings. The van der Waals surface area contributed by atoms with Gasteiger partial charge >= 0.3 is 0 Å². The van der Waals surface area contributed by atoms with E-state index in [1.165, 1.54) is 16.9 Å². The van der Waals surface area contributed by atoms with Crippen LogP contribution in [-0.4, -0.2) is 33.7 Å². The molecule has 0 radical (unpaired) electrons. The molecule has 9 heteroatoms. The Labute approximate surface area is 178 Å². The number of aromatic nitrogens is 3. The van der Waals surface area contributed by atoms with E-state index in [-0.39, 0.29) is 30.7 Å². The van der Waals surface area contributed by atoms with Gasteiger partial charge in [-0.05, 0) is 6.92 Å². The minimum Gasteiger partial charge on any atom is -0.356 e. The zero-order valence-corrected chi connectivity index (χ0v) is 17.9. The molecule has 0 saturated carbocycles. The summed E-state index contributed by atoms with van der Waals surface area (Å²) in [7, 11) is 0. The molecule has 3 aromatic rings. The Balaban J connectivity index is 1.34. The van der Waals surface area contributed by atoms with Gasteiger partial charge in [0.15, 0.2) is 5.76 Å². The second-order valence-electron chi connectivity index (χ2n) is 7.75. The third kappa shape index (κ3) is 4.25. The number of hydrogen-bond donors (Lipinski definition) is 1. The van der Waals surface area contributed by atoms with Crippen LogP contribution in [0, 0.1) is 12.8 Å². The number of hydrogen-bond acceptors (Lipinski definition) is 7. The normalized spacial score (nSPS) is 16.5. The third-order valence-corrected chi connectivity index (χ3v) is 6.24. The van der Waals surface area contributed by atoms with Gasteiger partial charge in [0, 0.05) is 30.5 Å². The van der Waals surface area contributed by atoms with E-state index >= 15 is 0 Å². The van der Waals surface area contributed by atoms with Crippen molar-refractivity contribution in [2.24, 2.45) is 5.92 Å². The zero-order chi connectivity index (χ0) is 21.3. The lowest BCUT2D eigenvalue weighted by molar-refractivity contribution is -0.126. The van der Waals surface area contributed by atoms with Gasteiger partial charge in [0.05, 0.1) is 12.5 Å². The summed E-state index contributed by atoms with van der Waals surface area (Å²) in [6.07, 6.45) is 0.163. The minimum absolute atomic E-state index is 0.107. The van der Waals surface area contributed by atoms with E-state index in [1.54, 1.807) is 4.90 Å². The van der Waals surface area contributed by atoms with Gasteiger partial charge in [-0.25, -0.2) is 0 Å². The minimum atomic E-state index is -0.424. The number of anilines is 1. The second-order valence-corrected chi connectivity index (χ2v) is 8.74. The van der Waals surface area contributed by atoms with Crippen LogP contribution in [0.15, 0.2) is 34.9 Å². The van der Waals surface area contributed by atoms with E-state index < -0.39 is 5.92 Å². The lowest BCUT2D eigenvalue weighted by Crippen LogP contribution is -2.32. The van der Waals surface area contributed by atoms with Crippen molar-refractivity contribution in [2.75, 3.05) is 11.4 Å². The van der Waals surface area contributed by atoms with Gasteiger partial charge in [-0.3, -0.25) is 14.5 Å². The summed E-state index contributed by atoms with van der Waals surface area (Å²) in [5, 5.41) is 16.6. The highest BCUT2D eigenvalue weighted by atomic mass is 32.1. The van der Waals surface area contributed by atoms with Crippen molar-refractivity contribution in [1.82, 2.24) is 20.7 Å². The molecule has 2 aromatic heterocycles. The fourth-order valence-electron chi connectivity index (χ4n) is 3.21. The van der Waals surface area contributed by atoms with Crippen molar-refractivity contribution in [3.8, 4) is 11.3 Å². The fourth-order valence-corrected chi connectivity index (χ4v) is 4.08. The van der Waals surface area contributed by atoms with Gasteiger partial charge in [-0.1, -0.05) is 60.2 Å². The Kier molecular flexibility index (Phi) is 5.63. The van der Waals surface area contributed by atoms with Crippen molar-refractivity contribution in [3.63, 3.8) is 0 Å². The van der Waals surface area contributed by atoms with E-state index in [1.807, 2.05) is 51.1 Å². The monoisotopic (exact) mass is 425 g/mol. The molecule has 8 nitrogen and oxygen atoms in total. The predicted molar refractivity (Wildman–Crippen MR) is 113 cm³/mol. The predicted octanol–water partition coefficient (Wildman–Crippen LogP) is 3.29. The van der Waals surface area contributed by atoms with Gasteiger partial charge in [0.2, 0.25) is 16.9 Å². The zero-order valence-electron chi connectivity index (χ0n) is 17.1. The Morgan fingerprint density at radius 2 is 2.07 bits per heavy atom. The number of nitrogens with zero attached hydrogens (tertiary/aromatic N) is 4. The Morgan fingerprint density at radius 3 is 2.77 bits per heavy atom. The Morgan fingerprint density at radius 1 is 1.30 bits per heavy atom. The summed E-state index contributed by atoms with van der Waals surface area (Å²) < 4.78 is 5.38. The van der Waals surface area contributed by atoms with Gasteiger partial charge in [0.1, 0.15) is 10.7 Å². The maximum atomic E-state index is 12.6. The molecule has 1 saturated heterocycles. The molecule has 1 aliphatic rings. The summed E-state index contributed by atoms with van der Waals surface area (Å²) in [5.41, 5.74) is 2.73. The van der Waals surface area contributed by atoms with Crippen LogP contribution in [0.25, 0.3) is 11.3 Å². The van der Waals surface area contributed by atoms with E-state index in [0.29, 0.717) is 23.1 Å². The van der Waals surface area contributed by atoms with Gasteiger partial charge in [-0.15, -0.1) is 10.2 Å². The number of carbonyl (C=O) groups excluding carboxylic acids is 2. The molecule has 0 bridgehead atoms. The third-order valence-electron chi connectivity index (χ3n) is 4.99. The van der Waals surface area contributed by atoms with Crippen molar-refractivity contribution in [1.29, 1.82) is 0 Å². The molecule has 4 rings (SSSR count). The van der Waals surface area contributed by atoms with Crippen molar-refractivity contribution in [2.45, 2.75) is 39.7 Å². The first-order valence-electron chi connectivity index (χ1n) is 9.85. The molecule has 0 aliphatic carbocycles. The molecule has 1 aliphatic heterocycles. The van der Waals surface area contributed by atoms with Crippen LogP contribution in [0.5, 0.6) is 0 Å². The molecule has 1 aromatic carbocycles. The maximum Gasteiger partial charge on any atom is 0.229 e. The molecule has 30 heavy (non-hydrogen) atoms. The molecular weight excluding hydrogens is 402 g/mol.